The molecule has 0 unspecified atom stereocenters. The first-order valence-corrected chi connectivity index (χ1v) is 7.77. The number of halogens is 1. The molecule has 3 aromatic rings. The van der Waals surface area contributed by atoms with Crippen LogP contribution in [-0.2, 0) is 0 Å². The Labute approximate surface area is 142 Å². The third kappa shape index (κ3) is 3.49. The van der Waals surface area contributed by atoms with Crippen molar-refractivity contribution in [2.45, 2.75) is 19.8 Å². The van der Waals surface area contributed by atoms with Crippen LogP contribution in [0.15, 0.2) is 30.9 Å². The van der Waals surface area contributed by atoms with Gasteiger partial charge in [-0.15, -0.1) is 5.10 Å². The summed E-state index contributed by atoms with van der Waals surface area (Å²) >= 11 is 0. The fraction of sp³-hybridized carbons (Fsp3) is 0.250. The van der Waals surface area contributed by atoms with Gasteiger partial charge in [-0.1, -0.05) is 13.3 Å². The number of ether oxygens (including phenoxy) is 1. The summed E-state index contributed by atoms with van der Waals surface area (Å²) in [5.41, 5.74) is 6.42. The summed E-state index contributed by atoms with van der Waals surface area (Å²) in [4.78, 5) is 20.5. The number of aromatic nitrogens is 4. The maximum atomic E-state index is 13.2. The molecule has 3 rings (SSSR count). The van der Waals surface area contributed by atoms with Gasteiger partial charge in [0.05, 0.1) is 25.2 Å². The molecule has 0 aromatic carbocycles. The van der Waals surface area contributed by atoms with Crippen LogP contribution in [0, 0.1) is 5.82 Å². The van der Waals surface area contributed by atoms with Gasteiger partial charge in [0.1, 0.15) is 17.0 Å². The topological polar surface area (TPSA) is 107 Å². The molecule has 0 saturated heterocycles. The molecule has 130 valence electrons. The molecule has 9 heteroatoms. The molecule has 3 heterocycles. The molecule has 0 radical (unpaired) electrons. The van der Waals surface area contributed by atoms with E-state index in [0.29, 0.717) is 18.0 Å². The summed E-state index contributed by atoms with van der Waals surface area (Å²) in [7, 11) is 0. The second-order valence-electron chi connectivity index (χ2n) is 5.33. The van der Waals surface area contributed by atoms with Crippen molar-refractivity contribution in [3.8, 4) is 5.75 Å². The molecule has 0 bridgehead atoms. The molecule has 0 aliphatic heterocycles. The molecule has 25 heavy (non-hydrogen) atoms. The van der Waals surface area contributed by atoms with Crippen LogP contribution in [-0.4, -0.2) is 32.1 Å². The molecular weight excluding hydrogens is 327 g/mol. The highest BCUT2D eigenvalue weighted by Gasteiger charge is 2.21. The average molecular weight is 344 g/mol. The normalized spacial score (nSPS) is 10.8. The predicted octanol–water partition coefficient (Wildman–Crippen LogP) is 2.28. The van der Waals surface area contributed by atoms with E-state index in [0.717, 1.165) is 29.8 Å². The monoisotopic (exact) mass is 344 g/mol. The Kier molecular flexibility index (Phi) is 4.73. The van der Waals surface area contributed by atoms with Gasteiger partial charge in [0.15, 0.2) is 17.3 Å². The second-order valence-corrected chi connectivity index (χ2v) is 5.33. The van der Waals surface area contributed by atoms with Crippen molar-refractivity contribution in [1.82, 2.24) is 19.6 Å². The number of rotatable bonds is 6. The third-order valence-corrected chi connectivity index (χ3v) is 3.48. The Morgan fingerprint density at radius 3 is 3.08 bits per heavy atom. The van der Waals surface area contributed by atoms with E-state index < -0.39 is 11.7 Å². The predicted molar refractivity (Wildman–Crippen MR) is 90.0 cm³/mol. The highest BCUT2D eigenvalue weighted by atomic mass is 19.1. The molecule has 0 fully saturated rings. The van der Waals surface area contributed by atoms with Gasteiger partial charge < -0.3 is 15.8 Å². The molecule has 0 spiro atoms. The van der Waals surface area contributed by atoms with E-state index in [-0.39, 0.29) is 17.0 Å². The van der Waals surface area contributed by atoms with E-state index in [1.165, 1.54) is 6.20 Å². The number of carbonyl (C=O) groups excluding carboxylic acids is 1. The minimum atomic E-state index is -0.583. The number of nitrogen functional groups attached to an aromatic ring is 1. The van der Waals surface area contributed by atoms with Crippen molar-refractivity contribution in [2.75, 3.05) is 17.7 Å². The maximum absolute atomic E-state index is 13.2. The Morgan fingerprint density at radius 2 is 2.28 bits per heavy atom. The van der Waals surface area contributed by atoms with Crippen LogP contribution in [0.5, 0.6) is 5.75 Å². The Morgan fingerprint density at radius 1 is 1.44 bits per heavy atom. The highest BCUT2D eigenvalue weighted by molar-refractivity contribution is 6.11. The Hall–Kier alpha value is -3.23. The average Bonchev–Trinajstić information content (AvgIpc) is 2.91. The van der Waals surface area contributed by atoms with Crippen molar-refractivity contribution in [2.24, 2.45) is 0 Å². The van der Waals surface area contributed by atoms with Crippen LogP contribution >= 0.6 is 0 Å². The molecule has 3 N–H and O–H groups in total. The minimum Gasteiger partial charge on any atom is -0.491 e. The van der Waals surface area contributed by atoms with E-state index in [9.17, 15) is 9.18 Å². The van der Waals surface area contributed by atoms with Crippen molar-refractivity contribution < 1.29 is 13.9 Å². The zero-order valence-electron chi connectivity index (χ0n) is 13.6. The van der Waals surface area contributed by atoms with Crippen molar-refractivity contribution >= 4 is 23.1 Å². The lowest BCUT2D eigenvalue weighted by Gasteiger charge is -2.11. The van der Waals surface area contributed by atoms with Crippen molar-refractivity contribution in [3.63, 3.8) is 0 Å². The van der Waals surface area contributed by atoms with Gasteiger partial charge in [0.2, 0.25) is 0 Å². The SMILES string of the molecule is CCCCOc1ccncc1NC(=O)c1c(N)nn2cc(F)cnc12. The van der Waals surface area contributed by atoms with Crippen molar-refractivity contribution in [3.05, 3.63) is 42.2 Å². The van der Waals surface area contributed by atoms with Crippen LogP contribution < -0.4 is 15.8 Å². The third-order valence-electron chi connectivity index (χ3n) is 3.48. The summed E-state index contributed by atoms with van der Waals surface area (Å²) in [5.74, 6) is -0.653. The lowest BCUT2D eigenvalue weighted by atomic mass is 10.2. The molecule has 8 nitrogen and oxygen atoms in total. The number of anilines is 2. The van der Waals surface area contributed by atoms with Crippen LogP contribution in [0.3, 0.4) is 0 Å². The van der Waals surface area contributed by atoms with E-state index >= 15 is 0 Å². The van der Waals surface area contributed by atoms with Crippen LogP contribution in [0.1, 0.15) is 30.1 Å². The van der Waals surface area contributed by atoms with Gasteiger partial charge in [-0.2, -0.15) is 0 Å². The fourth-order valence-electron chi connectivity index (χ4n) is 2.26. The summed E-state index contributed by atoms with van der Waals surface area (Å²) in [6.07, 6.45) is 7.04. The lowest BCUT2D eigenvalue weighted by Crippen LogP contribution is -2.15. The maximum Gasteiger partial charge on any atom is 0.263 e. The summed E-state index contributed by atoms with van der Waals surface area (Å²) in [5, 5.41) is 6.60. The number of carbonyl (C=O) groups is 1. The zero-order valence-corrected chi connectivity index (χ0v) is 13.6. The first-order chi connectivity index (χ1) is 12.1. The highest BCUT2D eigenvalue weighted by Crippen LogP contribution is 2.25. The van der Waals surface area contributed by atoms with Crippen LogP contribution in [0.2, 0.25) is 0 Å². The van der Waals surface area contributed by atoms with Gasteiger partial charge >= 0.3 is 0 Å². The first-order valence-electron chi connectivity index (χ1n) is 7.77. The first kappa shape index (κ1) is 16.6. The lowest BCUT2D eigenvalue weighted by molar-refractivity contribution is 0.102. The fourth-order valence-corrected chi connectivity index (χ4v) is 2.26. The molecular formula is C16H17FN6O2. The molecule has 1 amide bonds. The van der Waals surface area contributed by atoms with E-state index in [4.69, 9.17) is 10.5 Å². The Balaban J connectivity index is 1.87. The van der Waals surface area contributed by atoms with E-state index in [1.54, 1.807) is 12.3 Å². The number of nitrogens with two attached hydrogens (primary N) is 1. The number of fused-ring (bicyclic) bond motifs is 1. The van der Waals surface area contributed by atoms with Gasteiger partial charge in [-0.25, -0.2) is 13.9 Å². The zero-order chi connectivity index (χ0) is 17.8. The van der Waals surface area contributed by atoms with Gasteiger partial charge in [-0.3, -0.25) is 9.78 Å². The van der Waals surface area contributed by atoms with E-state index in [2.05, 4.69) is 27.3 Å². The van der Waals surface area contributed by atoms with Gasteiger partial charge in [0, 0.05) is 12.3 Å². The largest absolute Gasteiger partial charge is 0.491 e. The number of unbranched alkanes of at least 4 members (excludes halogenated alkanes) is 1. The molecule has 0 aliphatic rings. The van der Waals surface area contributed by atoms with Gasteiger partial charge in [-0.05, 0) is 6.42 Å². The summed E-state index contributed by atoms with van der Waals surface area (Å²) in [6, 6.07) is 1.67. The smallest absolute Gasteiger partial charge is 0.263 e. The summed E-state index contributed by atoms with van der Waals surface area (Å²) in [6.45, 7) is 2.59. The molecule has 0 saturated carbocycles. The van der Waals surface area contributed by atoms with Crippen LogP contribution in [0.4, 0.5) is 15.9 Å². The van der Waals surface area contributed by atoms with Gasteiger partial charge in [0.25, 0.3) is 5.91 Å². The van der Waals surface area contributed by atoms with E-state index in [1.807, 2.05) is 0 Å². The summed E-state index contributed by atoms with van der Waals surface area (Å²) < 4.78 is 20.0. The van der Waals surface area contributed by atoms with Crippen LogP contribution in [0.25, 0.3) is 5.65 Å². The van der Waals surface area contributed by atoms with Crippen molar-refractivity contribution in [1.29, 1.82) is 0 Å². The number of amides is 1. The quantitative estimate of drug-likeness (QED) is 0.664. The number of nitrogens with one attached hydrogen (secondary N) is 1. The standard InChI is InChI=1S/C16H17FN6O2/c1-2-3-6-25-12-4-5-19-8-11(12)21-16(24)13-14(18)22-23-9-10(17)7-20-15(13)23/h4-5,7-9H,2-3,6H2,1H3,(H2,18,22)(H,21,24). The number of hydrogen-bond acceptors (Lipinski definition) is 6. The minimum absolute atomic E-state index is 0.0482. The number of hydrogen-bond donors (Lipinski definition) is 2. The number of pyridine rings is 1. The molecule has 0 atom stereocenters. The molecule has 3 aromatic heterocycles. The molecule has 0 aliphatic carbocycles. The number of nitrogens with zero attached hydrogens (tertiary/aromatic N) is 4. The Bertz CT molecular complexity index is 911. The second kappa shape index (κ2) is 7.12.